The van der Waals surface area contributed by atoms with Crippen molar-refractivity contribution >= 4 is 45.0 Å². The number of methoxy groups -OCH3 is 1. The van der Waals surface area contributed by atoms with Crippen LogP contribution in [0.15, 0.2) is 67.5 Å². The van der Waals surface area contributed by atoms with Gasteiger partial charge in [0.2, 0.25) is 5.91 Å². The summed E-state index contributed by atoms with van der Waals surface area (Å²) in [6.45, 7) is 8.19. The Kier molecular flexibility index (Phi) is 6.84. The lowest BCUT2D eigenvalue weighted by Gasteiger charge is -2.36. The van der Waals surface area contributed by atoms with Gasteiger partial charge in [-0.2, -0.15) is 0 Å². The first-order valence-corrected chi connectivity index (χ1v) is 13.3. The molecule has 3 heterocycles. The van der Waals surface area contributed by atoms with E-state index in [1.165, 1.54) is 12.4 Å². The highest BCUT2D eigenvalue weighted by molar-refractivity contribution is 6.00. The molecule has 0 spiro atoms. The van der Waals surface area contributed by atoms with Crippen molar-refractivity contribution < 1.29 is 14.3 Å². The van der Waals surface area contributed by atoms with E-state index in [0.29, 0.717) is 43.5 Å². The zero-order valence-electron chi connectivity index (χ0n) is 23.2. The molecule has 0 unspecified atom stereocenters. The third-order valence-corrected chi connectivity index (χ3v) is 7.29. The van der Waals surface area contributed by atoms with Crippen LogP contribution >= 0.6 is 0 Å². The van der Waals surface area contributed by atoms with Crippen LogP contribution in [0.3, 0.4) is 0 Å². The van der Waals surface area contributed by atoms with Crippen molar-refractivity contribution in [1.29, 1.82) is 0 Å². The Hall–Kier alpha value is -5.19. The van der Waals surface area contributed by atoms with E-state index in [4.69, 9.17) is 9.47 Å². The number of aromatic nitrogens is 5. The molecule has 0 aliphatic carbocycles. The van der Waals surface area contributed by atoms with Gasteiger partial charge in [0, 0.05) is 45.0 Å². The molecule has 1 aliphatic rings. The molecule has 0 saturated carbocycles. The molecule has 1 N–H and O–H groups in total. The van der Waals surface area contributed by atoms with E-state index in [0.717, 1.165) is 44.6 Å². The van der Waals surface area contributed by atoms with Crippen molar-refractivity contribution in [2.24, 2.45) is 7.05 Å². The molecule has 208 valence electrons. The Bertz CT molecular complexity index is 1780. The largest absolute Gasteiger partial charge is 0.494 e. The highest BCUT2D eigenvalue weighted by Crippen LogP contribution is 2.40. The Balaban J connectivity index is 1.26. The minimum absolute atomic E-state index is 0.0479. The van der Waals surface area contributed by atoms with E-state index < -0.39 is 0 Å². The fourth-order valence-corrected chi connectivity index (χ4v) is 5.15. The van der Waals surface area contributed by atoms with Crippen molar-refractivity contribution in [3.05, 3.63) is 73.1 Å². The van der Waals surface area contributed by atoms with Crippen LogP contribution in [-0.2, 0) is 11.8 Å². The molecule has 5 aromatic rings. The van der Waals surface area contributed by atoms with Crippen molar-refractivity contribution in [2.45, 2.75) is 6.92 Å². The van der Waals surface area contributed by atoms with Crippen LogP contribution < -0.4 is 19.7 Å². The maximum Gasteiger partial charge on any atom is 0.246 e. The lowest BCUT2D eigenvalue weighted by Crippen LogP contribution is -2.48. The van der Waals surface area contributed by atoms with Gasteiger partial charge in [-0.15, -0.1) is 5.10 Å². The molecular formula is C30H30N8O3. The molecule has 11 nitrogen and oxygen atoms in total. The summed E-state index contributed by atoms with van der Waals surface area (Å²) in [7, 11) is 3.51. The molecule has 6 rings (SSSR count). The molecule has 3 aromatic carbocycles. The maximum absolute atomic E-state index is 12.0. The zero-order valence-corrected chi connectivity index (χ0v) is 23.2. The summed E-state index contributed by atoms with van der Waals surface area (Å²) >= 11 is 0. The number of hydrogen-bond acceptors (Lipinski definition) is 9. The first-order valence-electron chi connectivity index (χ1n) is 13.3. The number of carbonyl (C=O) groups excluding carboxylic acids is 1. The first kappa shape index (κ1) is 26.1. The minimum Gasteiger partial charge on any atom is -0.494 e. The average Bonchev–Trinajstić information content (AvgIpc) is 3.37. The molecule has 1 fully saturated rings. The number of anilines is 3. The van der Waals surface area contributed by atoms with Crippen molar-refractivity contribution in [1.82, 2.24) is 29.9 Å². The summed E-state index contributed by atoms with van der Waals surface area (Å²) in [6, 6.07) is 15.6. The molecule has 1 saturated heterocycles. The monoisotopic (exact) mass is 550 g/mol. The lowest BCUT2D eigenvalue weighted by atomic mass is 10.1. The normalized spacial score (nSPS) is 13.4. The SMILES string of the molecule is C=CC(=O)N1CCN(c2ccc3ncnc(Nc4ccc(Oc5ccc6c(c5)nnn6C)c(C)c4)c3c2OC)CC1. The van der Waals surface area contributed by atoms with E-state index >= 15 is 0 Å². The fraction of sp³-hybridized carbons (Fsp3) is 0.233. The average molecular weight is 551 g/mol. The number of rotatable bonds is 7. The third-order valence-electron chi connectivity index (χ3n) is 7.29. The summed E-state index contributed by atoms with van der Waals surface area (Å²) in [5.41, 5.74) is 5.21. The third kappa shape index (κ3) is 4.97. The van der Waals surface area contributed by atoms with Gasteiger partial charge >= 0.3 is 0 Å². The number of hydrogen-bond donors (Lipinski definition) is 1. The Morgan fingerprint density at radius 3 is 2.61 bits per heavy atom. The second-order valence-electron chi connectivity index (χ2n) is 9.82. The maximum atomic E-state index is 12.0. The number of benzene rings is 3. The first-order chi connectivity index (χ1) is 19.9. The number of nitrogens with one attached hydrogen (secondary N) is 1. The Morgan fingerprint density at radius 2 is 1.85 bits per heavy atom. The molecule has 0 atom stereocenters. The summed E-state index contributed by atoms with van der Waals surface area (Å²) in [5, 5.41) is 12.5. The number of aryl methyl sites for hydroxylation is 2. The molecule has 2 aromatic heterocycles. The van der Waals surface area contributed by atoms with Crippen LogP contribution in [-0.4, -0.2) is 69.1 Å². The second-order valence-corrected chi connectivity index (χ2v) is 9.82. The predicted molar refractivity (Wildman–Crippen MR) is 158 cm³/mol. The van der Waals surface area contributed by atoms with Crippen molar-refractivity contribution in [3.63, 3.8) is 0 Å². The van der Waals surface area contributed by atoms with Gasteiger partial charge in [-0.1, -0.05) is 11.8 Å². The molecular weight excluding hydrogens is 520 g/mol. The number of amides is 1. The summed E-state index contributed by atoms with van der Waals surface area (Å²) in [5.74, 6) is 2.70. The molecule has 1 aliphatic heterocycles. The number of carbonyl (C=O) groups is 1. The van der Waals surface area contributed by atoms with Crippen LogP contribution in [0.2, 0.25) is 0 Å². The fourth-order valence-electron chi connectivity index (χ4n) is 5.15. The van der Waals surface area contributed by atoms with Crippen LogP contribution in [0, 0.1) is 6.92 Å². The quantitative estimate of drug-likeness (QED) is 0.291. The summed E-state index contributed by atoms with van der Waals surface area (Å²) in [4.78, 5) is 25.1. The number of piperazine rings is 1. The molecule has 1 amide bonds. The molecule has 0 bridgehead atoms. The van der Waals surface area contributed by atoms with Gasteiger partial charge in [-0.25, -0.2) is 14.6 Å². The van der Waals surface area contributed by atoms with Crippen LogP contribution in [0.1, 0.15) is 5.56 Å². The van der Waals surface area contributed by atoms with Gasteiger partial charge in [-0.3, -0.25) is 4.79 Å². The molecule has 11 heteroatoms. The van der Waals surface area contributed by atoms with Gasteiger partial charge in [0.1, 0.15) is 29.2 Å². The standard InChI is InChI=1S/C30H30N8O3/c1-5-27(39)38-14-12-37(13-15-38)25-10-8-22-28(29(25)40-4)30(32-18-31-22)33-20-6-11-26(19(2)16-20)41-21-7-9-24-23(17-21)34-35-36(24)3/h5-11,16-18H,1,12-15H2,2-4H3,(H,31,32,33). The van der Waals surface area contributed by atoms with E-state index in [-0.39, 0.29) is 5.91 Å². The lowest BCUT2D eigenvalue weighted by molar-refractivity contribution is -0.126. The van der Waals surface area contributed by atoms with Crippen LogP contribution in [0.5, 0.6) is 17.2 Å². The number of ether oxygens (including phenoxy) is 2. The van der Waals surface area contributed by atoms with Crippen LogP contribution in [0.25, 0.3) is 21.9 Å². The Morgan fingerprint density at radius 1 is 1.02 bits per heavy atom. The number of nitrogens with zero attached hydrogens (tertiary/aromatic N) is 7. The van der Waals surface area contributed by atoms with Gasteiger partial charge in [0.15, 0.2) is 5.75 Å². The summed E-state index contributed by atoms with van der Waals surface area (Å²) in [6.07, 6.45) is 2.90. The zero-order chi connectivity index (χ0) is 28.5. The van der Waals surface area contributed by atoms with E-state index in [9.17, 15) is 4.79 Å². The van der Waals surface area contributed by atoms with E-state index in [1.54, 1.807) is 16.7 Å². The number of fused-ring (bicyclic) bond motifs is 2. The molecule has 41 heavy (non-hydrogen) atoms. The topological polar surface area (TPSA) is 111 Å². The van der Waals surface area contributed by atoms with Gasteiger partial charge in [0.25, 0.3) is 0 Å². The summed E-state index contributed by atoms with van der Waals surface area (Å²) < 4.78 is 13.8. The van der Waals surface area contributed by atoms with Gasteiger partial charge in [-0.05, 0) is 61.0 Å². The smallest absolute Gasteiger partial charge is 0.246 e. The van der Waals surface area contributed by atoms with E-state index in [2.05, 4.69) is 37.1 Å². The van der Waals surface area contributed by atoms with Crippen LogP contribution in [0.4, 0.5) is 17.2 Å². The van der Waals surface area contributed by atoms with Crippen molar-refractivity contribution in [3.8, 4) is 17.2 Å². The van der Waals surface area contributed by atoms with Crippen molar-refractivity contribution in [2.75, 3.05) is 43.5 Å². The van der Waals surface area contributed by atoms with Gasteiger partial charge in [0.05, 0.1) is 29.2 Å². The van der Waals surface area contributed by atoms with E-state index in [1.807, 2.05) is 62.5 Å². The predicted octanol–water partition coefficient (Wildman–Crippen LogP) is 4.60. The highest BCUT2D eigenvalue weighted by atomic mass is 16.5. The Labute approximate surface area is 237 Å². The minimum atomic E-state index is -0.0479. The second kappa shape index (κ2) is 10.8. The van der Waals surface area contributed by atoms with Gasteiger partial charge < -0.3 is 24.6 Å². The molecule has 0 radical (unpaired) electrons. The highest BCUT2D eigenvalue weighted by Gasteiger charge is 2.24.